The molecule has 0 bridgehead atoms. The monoisotopic (exact) mass is 347 g/mol. The molecule has 0 aliphatic heterocycles. The van der Waals surface area contributed by atoms with Crippen LogP contribution in [0.4, 0.5) is 0 Å². The van der Waals surface area contributed by atoms with Crippen LogP contribution in [0.25, 0.3) is 0 Å². The van der Waals surface area contributed by atoms with Gasteiger partial charge in [-0.25, -0.2) is 0 Å². The van der Waals surface area contributed by atoms with E-state index in [9.17, 15) is 10.2 Å². The first-order valence-corrected chi connectivity index (χ1v) is 6.92. The van der Waals surface area contributed by atoms with Crippen molar-refractivity contribution < 1.29 is 10.2 Å². The van der Waals surface area contributed by atoms with Crippen LogP contribution in [0.15, 0.2) is 57.1 Å². The number of nitrogens with zero attached hydrogens (tertiary/aromatic N) is 2. The molecule has 0 atom stereocenters. The maximum absolute atomic E-state index is 9.64. The Bertz CT molecular complexity index is 702. The van der Waals surface area contributed by atoms with E-state index in [0.29, 0.717) is 17.1 Å². The Morgan fingerprint density at radius 2 is 1.67 bits per heavy atom. The first kappa shape index (κ1) is 15.1. The quantitative estimate of drug-likeness (QED) is 0.452. The Balaban J connectivity index is 2.61. The molecule has 0 amide bonds. The summed E-state index contributed by atoms with van der Waals surface area (Å²) in [4.78, 5) is 0. The standard InChI is InChI=1S/C15H14BrN3O2/c1-9(17)18-19-15(10-3-2-4-12(16)5-10)11-6-13(20)8-14(21)7-11/h2-8,20-21H,1H3,(H2,17,18)/b19-15-. The lowest BCUT2D eigenvalue weighted by Gasteiger charge is -2.08. The van der Waals surface area contributed by atoms with E-state index in [1.807, 2.05) is 24.3 Å². The molecule has 6 heteroatoms. The van der Waals surface area contributed by atoms with E-state index < -0.39 is 0 Å². The Morgan fingerprint density at radius 3 is 2.24 bits per heavy atom. The van der Waals surface area contributed by atoms with Crippen molar-refractivity contribution in [2.24, 2.45) is 15.9 Å². The molecule has 0 aliphatic carbocycles. The van der Waals surface area contributed by atoms with Crippen LogP contribution in [0.3, 0.4) is 0 Å². The van der Waals surface area contributed by atoms with Crippen LogP contribution in [-0.4, -0.2) is 21.8 Å². The normalized spacial score (nSPS) is 12.5. The lowest BCUT2D eigenvalue weighted by atomic mass is 10.0. The van der Waals surface area contributed by atoms with Crippen molar-refractivity contribution >= 4 is 27.5 Å². The summed E-state index contributed by atoms with van der Waals surface area (Å²) in [5.41, 5.74) is 7.33. The van der Waals surface area contributed by atoms with Gasteiger partial charge < -0.3 is 15.9 Å². The molecule has 0 saturated heterocycles. The minimum atomic E-state index is -0.0545. The van der Waals surface area contributed by atoms with Gasteiger partial charge in [0.25, 0.3) is 0 Å². The highest BCUT2D eigenvalue weighted by Gasteiger charge is 2.10. The van der Waals surface area contributed by atoms with Crippen molar-refractivity contribution in [2.75, 3.05) is 0 Å². The van der Waals surface area contributed by atoms with Crippen LogP contribution >= 0.6 is 15.9 Å². The number of halogens is 1. The van der Waals surface area contributed by atoms with Crippen LogP contribution in [0, 0.1) is 0 Å². The first-order chi connectivity index (χ1) is 9.95. The molecule has 21 heavy (non-hydrogen) atoms. The largest absolute Gasteiger partial charge is 0.508 e. The molecule has 0 spiro atoms. The van der Waals surface area contributed by atoms with Crippen LogP contribution < -0.4 is 5.73 Å². The summed E-state index contributed by atoms with van der Waals surface area (Å²) in [6, 6.07) is 11.7. The number of phenolic OH excluding ortho intramolecular Hbond substituents is 2. The van der Waals surface area contributed by atoms with Gasteiger partial charge >= 0.3 is 0 Å². The molecule has 0 aromatic heterocycles. The molecule has 0 aliphatic rings. The maximum Gasteiger partial charge on any atom is 0.119 e. The molecule has 2 aromatic rings. The molecule has 0 saturated carbocycles. The number of aromatic hydroxyl groups is 2. The van der Waals surface area contributed by atoms with Gasteiger partial charge in [0.2, 0.25) is 0 Å². The third-order valence-corrected chi connectivity index (χ3v) is 3.08. The van der Waals surface area contributed by atoms with Crippen molar-refractivity contribution in [3.63, 3.8) is 0 Å². The highest BCUT2D eigenvalue weighted by Crippen LogP contribution is 2.24. The minimum absolute atomic E-state index is 0.0545. The highest BCUT2D eigenvalue weighted by atomic mass is 79.9. The summed E-state index contributed by atoms with van der Waals surface area (Å²) in [5.74, 6) is 0.203. The number of rotatable bonds is 3. The molecule has 108 valence electrons. The molecule has 0 heterocycles. The second kappa shape index (κ2) is 6.41. The second-order valence-corrected chi connectivity index (χ2v) is 5.35. The summed E-state index contributed by atoms with van der Waals surface area (Å²) in [7, 11) is 0. The van der Waals surface area contributed by atoms with Gasteiger partial charge in [0, 0.05) is 21.7 Å². The van der Waals surface area contributed by atoms with Gasteiger partial charge in [0.1, 0.15) is 23.0 Å². The van der Waals surface area contributed by atoms with E-state index in [0.717, 1.165) is 10.0 Å². The lowest BCUT2D eigenvalue weighted by Crippen LogP contribution is -2.07. The van der Waals surface area contributed by atoms with Crippen molar-refractivity contribution in [1.29, 1.82) is 0 Å². The average Bonchev–Trinajstić information content (AvgIpc) is 2.37. The van der Waals surface area contributed by atoms with Gasteiger partial charge in [0.15, 0.2) is 0 Å². The SMILES string of the molecule is C/C(N)=N/N=C(\c1cc(O)cc(O)c1)c1cccc(Br)c1. The summed E-state index contributed by atoms with van der Waals surface area (Å²) in [6.45, 7) is 1.63. The molecular weight excluding hydrogens is 334 g/mol. The van der Waals surface area contributed by atoms with Gasteiger partial charge in [-0.3, -0.25) is 0 Å². The first-order valence-electron chi connectivity index (χ1n) is 6.13. The summed E-state index contributed by atoms with van der Waals surface area (Å²) in [5, 5.41) is 27.3. The second-order valence-electron chi connectivity index (χ2n) is 4.44. The summed E-state index contributed by atoms with van der Waals surface area (Å²) in [6.07, 6.45) is 0. The van der Waals surface area contributed by atoms with E-state index >= 15 is 0 Å². The topological polar surface area (TPSA) is 91.2 Å². The van der Waals surface area contributed by atoms with E-state index in [1.165, 1.54) is 18.2 Å². The van der Waals surface area contributed by atoms with Crippen LogP contribution in [-0.2, 0) is 0 Å². The number of nitrogens with two attached hydrogens (primary N) is 1. The van der Waals surface area contributed by atoms with Crippen molar-refractivity contribution in [3.05, 3.63) is 58.1 Å². The molecule has 2 aromatic carbocycles. The number of amidine groups is 1. The molecule has 2 rings (SSSR count). The van der Waals surface area contributed by atoms with E-state index in [-0.39, 0.29) is 11.5 Å². The zero-order valence-electron chi connectivity index (χ0n) is 11.3. The van der Waals surface area contributed by atoms with Crippen molar-refractivity contribution in [1.82, 2.24) is 0 Å². The third kappa shape index (κ3) is 4.06. The van der Waals surface area contributed by atoms with Crippen LogP contribution in [0.1, 0.15) is 18.1 Å². The third-order valence-electron chi connectivity index (χ3n) is 2.58. The smallest absolute Gasteiger partial charge is 0.119 e. The fraction of sp³-hybridized carbons (Fsp3) is 0.0667. The van der Waals surface area contributed by atoms with E-state index in [4.69, 9.17) is 5.73 Å². The molecule has 0 radical (unpaired) electrons. The zero-order chi connectivity index (χ0) is 15.4. The van der Waals surface area contributed by atoms with Crippen LogP contribution in [0.5, 0.6) is 11.5 Å². The molecule has 5 nitrogen and oxygen atoms in total. The zero-order valence-corrected chi connectivity index (χ0v) is 12.9. The predicted molar refractivity (Wildman–Crippen MR) is 86.8 cm³/mol. The van der Waals surface area contributed by atoms with Gasteiger partial charge in [-0.15, -0.1) is 10.2 Å². The molecule has 0 unspecified atom stereocenters. The fourth-order valence-corrected chi connectivity index (χ4v) is 2.18. The van der Waals surface area contributed by atoms with Gasteiger partial charge in [-0.1, -0.05) is 28.1 Å². The summed E-state index contributed by atoms with van der Waals surface area (Å²) >= 11 is 3.40. The number of hydrogen-bond acceptors (Lipinski definition) is 4. The molecule has 4 N–H and O–H groups in total. The average molecular weight is 348 g/mol. The van der Waals surface area contributed by atoms with Gasteiger partial charge in [0.05, 0.1) is 0 Å². The van der Waals surface area contributed by atoms with Crippen molar-refractivity contribution in [2.45, 2.75) is 6.92 Å². The van der Waals surface area contributed by atoms with E-state index in [2.05, 4.69) is 26.1 Å². The Labute approximate surface area is 130 Å². The lowest BCUT2D eigenvalue weighted by molar-refractivity contribution is 0.450. The molecular formula is C15H14BrN3O2. The Hall–Kier alpha value is -2.34. The number of hydrogen-bond donors (Lipinski definition) is 3. The Morgan fingerprint density at radius 1 is 1.00 bits per heavy atom. The maximum atomic E-state index is 9.64. The number of benzene rings is 2. The number of phenols is 2. The van der Waals surface area contributed by atoms with Crippen LogP contribution in [0.2, 0.25) is 0 Å². The molecule has 0 fully saturated rings. The predicted octanol–water partition coefficient (Wildman–Crippen LogP) is 2.99. The van der Waals surface area contributed by atoms with E-state index in [1.54, 1.807) is 6.92 Å². The summed E-state index contributed by atoms with van der Waals surface area (Å²) < 4.78 is 0.880. The van der Waals surface area contributed by atoms with Crippen molar-refractivity contribution in [3.8, 4) is 11.5 Å². The van der Waals surface area contributed by atoms with Gasteiger partial charge in [-0.2, -0.15) is 0 Å². The minimum Gasteiger partial charge on any atom is -0.508 e. The fourth-order valence-electron chi connectivity index (χ4n) is 1.78. The van der Waals surface area contributed by atoms with Gasteiger partial charge in [-0.05, 0) is 31.2 Å². The highest BCUT2D eigenvalue weighted by molar-refractivity contribution is 9.10. The Kier molecular flexibility index (Phi) is 4.59.